The summed E-state index contributed by atoms with van der Waals surface area (Å²) >= 11 is 0. The van der Waals surface area contributed by atoms with Crippen molar-refractivity contribution in [2.75, 3.05) is 26.2 Å². The maximum Gasteiger partial charge on any atom is 0.390 e. The van der Waals surface area contributed by atoms with Crippen LogP contribution in [0.1, 0.15) is 19.3 Å². The first-order valence-corrected chi connectivity index (χ1v) is 5.06. The standard InChI is InChI=1S/C9H17F3N2/c10-9(11,12)3-6-14-7-8-1-4-13-5-2-8/h8,13-14H,1-7H2. The number of piperidine rings is 1. The third kappa shape index (κ3) is 5.44. The van der Waals surface area contributed by atoms with Gasteiger partial charge in [0.05, 0.1) is 6.42 Å². The fourth-order valence-corrected chi connectivity index (χ4v) is 1.62. The van der Waals surface area contributed by atoms with Crippen molar-refractivity contribution in [2.24, 2.45) is 5.92 Å². The fourth-order valence-electron chi connectivity index (χ4n) is 1.62. The van der Waals surface area contributed by atoms with Crippen molar-refractivity contribution in [3.63, 3.8) is 0 Å². The number of rotatable bonds is 4. The van der Waals surface area contributed by atoms with E-state index in [1.165, 1.54) is 0 Å². The highest BCUT2D eigenvalue weighted by atomic mass is 19.4. The molecule has 2 nitrogen and oxygen atoms in total. The van der Waals surface area contributed by atoms with Crippen molar-refractivity contribution >= 4 is 0 Å². The second-order valence-corrected chi connectivity index (χ2v) is 3.76. The monoisotopic (exact) mass is 210 g/mol. The Kier molecular flexibility index (Phi) is 4.68. The maximum absolute atomic E-state index is 11.8. The van der Waals surface area contributed by atoms with Gasteiger partial charge in [-0.3, -0.25) is 0 Å². The summed E-state index contributed by atoms with van der Waals surface area (Å²) in [5.74, 6) is 0.546. The van der Waals surface area contributed by atoms with Gasteiger partial charge >= 0.3 is 6.18 Å². The summed E-state index contributed by atoms with van der Waals surface area (Å²) in [6.45, 7) is 2.75. The van der Waals surface area contributed by atoms with Gasteiger partial charge in [0, 0.05) is 6.54 Å². The van der Waals surface area contributed by atoms with Gasteiger partial charge in [0.25, 0.3) is 0 Å². The molecule has 0 aromatic rings. The normalized spacial score (nSPS) is 19.9. The minimum Gasteiger partial charge on any atom is -0.317 e. The van der Waals surface area contributed by atoms with E-state index >= 15 is 0 Å². The van der Waals surface area contributed by atoms with Crippen LogP contribution in [0.4, 0.5) is 13.2 Å². The van der Waals surface area contributed by atoms with Crippen LogP contribution in [0.3, 0.4) is 0 Å². The van der Waals surface area contributed by atoms with E-state index < -0.39 is 12.6 Å². The molecule has 0 saturated carbocycles. The van der Waals surface area contributed by atoms with Crippen molar-refractivity contribution in [2.45, 2.75) is 25.4 Å². The molecule has 0 aromatic heterocycles. The molecular formula is C9H17F3N2. The van der Waals surface area contributed by atoms with E-state index in [0.717, 1.165) is 32.5 Å². The maximum atomic E-state index is 11.8. The van der Waals surface area contributed by atoms with Crippen molar-refractivity contribution in [1.82, 2.24) is 10.6 Å². The molecule has 1 fully saturated rings. The first kappa shape index (κ1) is 11.8. The molecule has 0 amide bonds. The predicted octanol–water partition coefficient (Wildman–Crippen LogP) is 1.53. The lowest BCUT2D eigenvalue weighted by molar-refractivity contribution is -0.133. The molecule has 84 valence electrons. The van der Waals surface area contributed by atoms with Crippen LogP contribution in [-0.4, -0.2) is 32.4 Å². The number of halogens is 3. The van der Waals surface area contributed by atoms with Crippen LogP contribution in [-0.2, 0) is 0 Å². The first-order chi connectivity index (χ1) is 6.58. The Morgan fingerprint density at radius 2 is 1.86 bits per heavy atom. The molecule has 0 bridgehead atoms. The highest BCUT2D eigenvalue weighted by Gasteiger charge is 2.26. The summed E-state index contributed by atoms with van der Waals surface area (Å²) < 4.78 is 35.3. The highest BCUT2D eigenvalue weighted by Crippen LogP contribution is 2.18. The van der Waals surface area contributed by atoms with Crippen LogP contribution in [0.2, 0.25) is 0 Å². The Hall–Kier alpha value is -0.290. The minimum atomic E-state index is -4.03. The van der Waals surface area contributed by atoms with Gasteiger partial charge in [-0.2, -0.15) is 13.2 Å². The van der Waals surface area contributed by atoms with E-state index in [2.05, 4.69) is 10.6 Å². The fraction of sp³-hybridized carbons (Fsp3) is 1.00. The Morgan fingerprint density at radius 1 is 1.21 bits per heavy atom. The molecule has 0 radical (unpaired) electrons. The largest absolute Gasteiger partial charge is 0.390 e. The Bertz CT molecular complexity index is 153. The van der Waals surface area contributed by atoms with Crippen molar-refractivity contribution in [3.8, 4) is 0 Å². The summed E-state index contributed by atoms with van der Waals surface area (Å²) in [7, 11) is 0. The summed E-state index contributed by atoms with van der Waals surface area (Å²) in [5.41, 5.74) is 0. The SMILES string of the molecule is FC(F)(F)CCNCC1CCNCC1. The zero-order valence-electron chi connectivity index (χ0n) is 8.16. The second kappa shape index (κ2) is 5.56. The number of hydrogen-bond acceptors (Lipinski definition) is 2. The molecule has 1 aliphatic rings. The highest BCUT2D eigenvalue weighted by molar-refractivity contribution is 4.70. The third-order valence-corrected chi connectivity index (χ3v) is 2.48. The number of alkyl halides is 3. The number of nitrogens with one attached hydrogen (secondary N) is 2. The molecule has 0 aliphatic carbocycles. The van der Waals surface area contributed by atoms with Gasteiger partial charge in [0.1, 0.15) is 0 Å². The summed E-state index contributed by atoms with van der Waals surface area (Å²) in [6, 6.07) is 0. The van der Waals surface area contributed by atoms with Crippen molar-refractivity contribution in [3.05, 3.63) is 0 Å². The average Bonchev–Trinajstić information content (AvgIpc) is 2.13. The molecule has 1 heterocycles. The summed E-state index contributed by atoms with van der Waals surface area (Å²) in [4.78, 5) is 0. The van der Waals surface area contributed by atoms with E-state index in [1.807, 2.05) is 0 Å². The van der Waals surface area contributed by atoms with Gasteiger partial charge in [0.15, 0.2) is 0 Å². The van der Waals surface area contributed by atoms with Gasteiger partial charge in [0.2, 0.25) is 0 Å². The molecule has 0 aromatic carbocycles. The van der Waals surface area contributed by atoms with Gasteiger partial charge in [-0.15, -0.1) is 0 Å². The Morgan fingerprint density at radius 3 is 2.43 bits per heavy atom. The molecule has 0 spiro atoms. The van der Waals surface area contributed by atoms with Gasteiger partial charge in [-0.25, -0.2) is 0 Å². The lowest BCUT2D eigenvalue weighted by Crippen LogP contribution is -2.34. The van der Waals surface area contributed by atoms with Crippen LogP contribution in [0.15, 0.2) is 0 Å². The molecule has 2 N–H and O–H groups in total. The van der Waals surface area contributed by atoms with E-state index in [9.17, 15) is 13.2 Å². The molecule has 0 unspecified atom stereocenters. The Labute approximate surface area is 82.2 Å². The van der Waals surface area contributed by atoms with Crippen LogP contribution in [0.25, 0.3) is 0 Å². The molecular weight excluding hydrogens is 193 g/mol. The van der Waals surface area contributed by atoms with E-state index in [4.69, 9.17) is 0 Å². The lowest BCUT2D eigenvalue weighted by Gasteiger charge is -2.22. The zero-order valence-corrected chi connectivity index (χ0v) is 8.16. The van der Waals surface area contributed by atoms with Crippen LogP contribution in [0.5, 0.6) is 0 Å². The van der Waals surface area contributed by atoms with Crippen molar-refractivity contribution in [1.29, 1.82) is 0 Å². The van der Waals surface area contributed by atoms with Crippen LogP contribution in [0, 0.1) is 5.92 Å². The molecule has 5 heteroatoms. The van der Waals surface area contributed by atoms with Crippen LogP contribution >= 0.6 is 0 Å². The molecule has 1 saturated heterocycles. The third-order valence-electron chi connectivity index (χ3n) is 2.48. The quantitative estimate of drug-likeness (QED) is 0.688. The topological polar surface area (TPSA) is 24.1 Å². The van der Waals surface area contributed by atoms with Gasteiger partial charge in [-0.05, 0) is 38.4 Å². The first-order valence-electron chi connectivity index (χ1n) is 5.06. The minimum absolute atomic E-state index is 0.0490. The lowest BCUT2D eigenvalue weighted by atomic mass is 9.98. The van der Waals surface area contributed by atoms with E-state index in [-0.39, 0.29) is 6.54 Å². The smallest absolute Gasteiger partial charge is 0.317 e. The molecule has 14 heavy (non-hydrogen) atoms. The summed E-state index contributed by atoms with van der Waals surface area (Å²) in [5, 5.41) is 6.09. The van der Waals surface area contributed by atoms with Gasteiger partial charge in [-0.1, -0.05) is 0 Å². The van der Waals surface area contributed by atoms with Crippen LogP contribution < -0.4 is 10.6 Å². The average molecular weight is 210 g/mol. The van der Waals surface area contributed by atoms with Crippen molar-refractivity contribution < 1.29 is 13.2 Å². The molecule has 1 rings (SSSR count). The molecule has 0 atom stereocenters. The summed E-state index contributed by atoms with van der Waals surface area (Å²) in [6.07, 6.45) is -2.61. The Balaban J connectivity index is 1.97. The van der Waals surface area contributed by atoms with E-state index in [1.54, 1.807) is 0 Å². The number of hydrogen-bond donors (Lipinski definition) is 2. The zero-order chi connectivity index (χ0) is 10.4. The predicted molar refractivity (Wildman–Crippen MR) is 49.1 cm³/mol. The molecule has 1 aliphatic heterocycles. The van der Waals surface area contributed by atoms with E-state index in [0.29, 0.717) is 5.92 Å². The van der Waals surface area contributed by atoms with Gasteiger partial charge < -0.3 is 10.6 Å². The second-order valence-electron chi connectivity index (χ2n) is 3.76.